The lowest BCUT2D eigenvalue weighted by atomic mass is 10.2. The van der Waals surface area contributed by atoms with E-state index in [1.165, 1.54) is 4.31 Å². The Bertz CT molecular complexity index is 1030. The molecule has 1 N–H and O–H groups in total. The molecule has 0 atom stereocenters. The molecule has 0 bridgehead atoms. The number of amides is 2. The first-order chi connectivity index (χ1) is 14.9. The van der Waals surface area contributed by atoms with Crippen LogP contribution in [0, 0.1) is 0 Å². The van der Waals surface area contributed by atoms with Gasteiger partial charge in [0.2, 0.25) is 10.0 Å². The van der Waals surface area contributed by atoms with Gasteiger partial charge in [-0.05, 0) is 44.5 Å². The van der Waals surface area contributed by atoms with Crippen molar-refractivity contribution in [2.45, 2.75) is 38.1 Å². The summed E-state index contributed by atoms with van der Waals surface area (Å²) < 4.78 is 34.7. The standard InChI is InChI=1S/C21H30N4O5S/c1-3-23-13-9-17-16-18(6-7-19(17)23)31(28,29)25-12-5-11-24(14-15-25)21(27)22-10-8-20(26)30-4-2/h6-7,9,13,16H,3-5,8,10-12,14-15H2,1-2H3,(H,22,27). The molecule has 1 saturated heterocycles. The predicted molar refractivity (Wildman–Crippen MR) is 117 cm³/mol. The van der Waals surface area contributed by atoms with Crippen molar-refractivity contribution in [2.24, 2.45) is 0 Å². The highest BCUT2D eigenvalue weighted by Crippen LogP contribution is 2.24. The summed E-state index contributed by atoms with van der Waals surface area (Å²) in [5.41, 5.74) is 1.00. The Kier molecular flexibility index (Phi) is 7.55. The van der Waals surface area contributed by atoms with Crippen molar-refractivity contribution >= 4 is 32.9 Å². The zero-order valence-corrected chi connectivity index (χ0v) is 18.9. The fourth-order valence-electron chi connectivity index (χ4n) is 3.72. The van der Waals surface area contributed by atoms with E-state index in [2.05, 4.69) is 9.88 Å². The first-order valence-electron chi connectivity index (χ1n) is 10.6. The van der Waals surface area contributed by atoms with Crippen LogP contribution >= 0.6 is 0 Å². The van der Waals surface area contributed by atoms with Gasteiger partial charge in [0.25, 0.3) is 0 Å². The second-order valence-electron chi connectivity index (χ2n) is 7.35. The van der Waals surface area contributed by atoms with Gasteiger partial charge in [-0.15, -0.1) is 0 Å². The summed E-state index contributed by atoms with van der Waals surface area (Å²) in [4.78, 5) is 25.6. The summed E-state index contributed by atoms with van der Waals surface area (Å²) in [5, 5.41) is 3.59. The van der Waals surface area contributed by atoms with Crippen LogP contribution in [0.5, 0.6) is 0 Å². The van der Waals surface area contributed by atoms with Crippen LogP contribution in [-0.2, 0) is 26.1 Å². The third kappa shape index (κ3) is 5.37. The van der Waals surface area contributed by atoms with E-state index in [0.717, 1.165) is 17.4 Å². The average Bonchev–Trinajstić information content (AvgIpc) is 2.99. The quantitative estimate of drug-likeness (QED) is 0.651. The molecule has 1 aromatic carbocycles. The number of aryl methyl sites for hydroxylation is 1. The van der Waals surface area contributed by atoms with Crippen molar-refractivity contribution in [3.63, 3.8) is 0 Å². The van der Waals surface area contributed by atoms with Crippen LogP contribution in [0.4, 0.5) is 4.79 Å². The molecule has 0 saturated carbocycles. The average molecular weight is 451 g/mol. The third-order valence-electron chi connectivity index (χ3n) is 5.37. The minimum Gasteiger partial charge on any atom is -0.466 e. The number of ether oxygens (including phenoxy) is 1. The van der Waals surface area contributed by atoms with E-state index in [1.54, 1.807) is 24.0 Å². The topological polar surface area (TPSA) is 101 Å². The van der Waals surface area contributed by atoms with Gasteiger partial charge in [0, 0.05) is 56.4 Å². The smallest absolute Gasteiger partial charge is 0.317 e. The number of benzene rings is 1. The Labute approximate surface area is 183 Å². The number of esters is 1. The Balaban J connectivity index is 1.61. The van der Waals surface area contributed by atoms with Crippen molar-refractivity contribution in [1.29, 1.82) is 0 Å². The maximum absolute atomic E-state index is 13.2. The van der Waals surface area contributed by atoms with Gasteiger partial charge in [-0.25, -0.2) is 13.2 Å². The first kappa shape index (κ1) is 23.1. The number of sulfonamides is 1. The second-order valence-corrected chi connectivity index (χ2v) is 9.29. The van der Waals surface area contributed by atoms with Gasteiger partial charge in [-0.1, -0.05) is 0 Å². The fourth-order valence-corrected chi connectivity index (χ4v) is 5.22. The number of nitrogens with zero attached hydrogens (tertiary/aromatic N) is 3. The molecule has 2 amide bonds. The van der Waals surface area contributed by atoms with Gasteiger partial charge in [0.1, 0.15) is 0 Å². The van der Waals surface area contributed by atoms with Crippen molar-refractivity contribution in [2.75, 3.05) is 39.3 Å². The first-order valence-corrected chi connectivity index (χ1v) is 12.1. The molecule has 0 unspecified atom stereocenters. The highest BCUT2D eigenvalue weighted by molar-refractivity contribution is 7.89. The summed E-state index contributed by atoms with van der Waals surface area (Å²) in [6.07, 6.45) is 2.60. The molecule has 2 aromatic rings. The molecular formula is C21H30N4O5S. The largest absolute Gasteiger partial charge is 0.466 e. The summed E-state index contributed by atoms with van der Waals surface area (Å²) in [5.74, 6) is -0.359. The van der Waals surface area contributed by atoms with Crippen LogP contribution in [0.3, 0.4) is 0 Å². The number of carbonyl (C=O) groups is 2. The molecule has 1 aliphatic heterocycles. The summed E-state index contributed by atoms with van der Waals surface area (Å²) >= 11 is 0. The zero-order valence-electron chi connectivity index (χ0n) is 18.0. The van der Waals surface area contributed by atoms with Gasteiger partial charge < -0.3 is 19.5 Å². The molecule has 9 nitrogen and oxygen atoms in total. The number of rotatable bonds is 7. The van der Waals surface area contributed by atoms with Gasteiger partial charge in [0.05, 0.1) is 17.9 Å². The fraction of sp³-hybridized carbons (Fsp3) is 0.524. The van der Waals surface area contributed by atoms with Crippen LogP contribution in [0.15, 0.2) is 35.4 Å². The molecule has 1 aliphatic rings. The van der Waals surface area contributed by atoms with E-state index in [0.29, 0.717) is 32.7 Å². The van der Waals surface area contributed by atoms with E-state index < -0.39 is 10.0 Å². The summed E-state index contributed by atoms with van der Waals surface area (Å²) in [6, 6.07) is 6.82. The molecule has 10 heteroatoms. The van der Waals surface area contributed by atoms with Crippen molar-refractivity contribution < 1.29 is 22.7 Å². The SMILES string of the molecule is CCOC(=O)CCNC(=O)N1CCCN(S(=O)(=O)c2ccc3c(ccn3CC)c2)CC1. The lowest BCUT2D eigenvalue weighted by Crippen LogP contribution is -2.43. The molecule has 31 heavy (non-hydrogen) atoms. The molecule has 3 rings (SSSR count). The summed E-state index contributed by atoms with van der Waals surface area (Å²) in [6.45, 7) is 6.40. The van der Waals surface area contributed by atoms with Crippen LogP contribution in [0.25, 0.3) is 10.9 Å². The number of hydrogen-bond acceptors (Lipinski definition) is 5. The maximum Gasteiger partial charge on any atom is 0.317 e. The number of urea groups is 1. The van der Waals surface area contributed by atoms with Crippen LogP contribution in [0.2, 0.25) is 0 Å². The molecule has 0 spiro atoms. The van der Waals surface area contributed by atoms with Crippen molar-refractivity contribution in [1.82, 2.24) is 19.1 Å². The number of carbonyl (C=O) groups excluding carboxylic acids is 2. The molecule has 1 fully saturated rings. The Morgan fingerprint density at radius 3 is 2.65 bits per heavy atom. The number of fused-ring (bicyclic) bond motifs is 1. The van der Waals surface area contributed by atoms with Crippen LogP contribution < -0.4 is 5.32 Å². The van der Waals surface area contributed by atoms with E-state index in [1.807, 2.05) is 25.3 Å². The predicted octanol–water partition coefficient (Wildman–Crippen LogP) is 2.02. The van der Waals surface area contributed by atoms with E-state index >= 15 is 0 Å². The van der Waals surface area contributed by atoms with E-state index in [4.69, 9.17) is 4.74 Å². The minimum absolute atomic E-state index is 0.107. The highest BCUT2D eigenvalue weighted by Gasteiger charge is 2.28. The van der Waals surface area contributed by atoms with Crippen LogP contribution in [0.1, 0.15) is 26.7 Å². The van der Waals surface area contributed by atoms with E-state index in [-0.39, 0.29) is 36.4 Å². The van der Waals surface area contributed by atoms with Gasteiger partial charge in [-0.3, -0.25) is 4.79 Å². The Hall–Kier alpha value is -2.59. The second kappa shape index (κ2) is 10.1. The molecular weight excluding hydrogens is 420 g/mol. The number of nitrogens with one attached hydrogen (secondary N) is 1. The number of hydrogen-bond donors (Lipinski definition) is 1. The molecule has 0 radical (unpaired) electrons. The monoisotopic (exact) mass is 450 g/mol. The number of aromatic nitrogens is 1. The Morgan fingerprint density at radius 2 is 1.90 bits per heavy atom. The minimum atomic E-state index is -3.65. The van der Waals surface area contributed by atoms with Crippen molar-refractivity contribution in [3.8, 4) is 0 Å². The van der Waals surface area contributed by atoms with E-state index in [9.17, 15) is 18.0 Å². The zero-order chi connectivity index (χ0) is 22.4. The van der Waals surface area contributed by atoms with Crippen molar-refractivity contribution in [3.05, 3.63) is 30.5 Å². The highest BCUT2D eigenvalue weighted by atomic mass is 32.2. The molecule has 0 aliphatic carbocycles. The van der Waals surface area contributed by atoms with Gasteiger partial charge >= 0.3 is 12.0 Å². The van der Waals surface area contributed by atoms with Gasteiger partial charge in [0.15, 0.2) is 0 Å². The lowest BCUT2D eigenvalue weighted by molar-refractivity contribution is -0.142. The summed E-state index contributed by atoms with van der Waals surface area (Å²) in [7, 11) is -3.65. The lowest BCUT2D eigenvalue weighted by Gasteiger charge is -2.22. The maximum atomic E-state index is 13.2. The molecule has 1 aromatic heterocycles. The molecule has 2 heterocycles. The molecule has 170 valence electrons. The van der Waals surface area contributed by atoms with Gasteiger partial charge in [-0.2, -0.15) is 4.31 Å². The Morgan fingerprint density at radius 1 is 1.10 bits per heavy atom. The third-order valence-corrected chi connectivity index (χ3v) is 7.27. The normalized spacial score (nSPS) is 15.6. The van der Waals surface area contributed by atoms with Crippen LogP contribution in [-0.4, -0.2) is 73.5 Å².